The van der Waals surface area contributed by atoms with Gasteiger partial charge in [0.1, 0.15) is 23.0 Å². The SMILES string of the molecule is CC(C)(C)OC(=O)C(CCCCN)NC(=O)C(C)(C)c1cnc(C(Cc2c[nH]c3ccccc23)NC(=O)N2CCC3(CC2)C(=O)NCN3c2ccccc2)[nH]1. The summed E-state index contributed by atoms with van der Waals surface area (Å²) in [5.74, 6) is -0.395. The molecule has 4 amide bonds. The fourth-order valence-electron chi connectivity index (χ4n) is 7.50. The number of rotatable bonds is 13. The van der Waals surface area contributed by atoms with Gasteiger partial charge in [-0.1, -0.05) is 36.4 Å². The van der Waals surface area contributed by atoms with Gasteiger partial charge >= 0.3 is 12.0 Å². The van der Waals surface area contributed by atoms with Crippen LogP contribution in [0.4, 0.5) is 10.5 Å². The monoisotopic (exact) mass is 753 g/mol. The molecule has 2 aromatic carbocycles. The van der Waals surface area contributed by atoms with Crippen molar-refractivity contribution in [2.75, 3.05) is 31.2 Å². The zero-order valence-electron chi connectivity index (χ0n) is 32.5. The molecule has 2 aliphatic heterocycles. The Morgan fingerprint density at radius 3 is 2.40 bits per heavy atom. The van der Waals surface area contributed by atoms with Gasteiger partial charge in [-0.05, 0) is 97.0 Å². The molecular formula is C41H55N9O5. The number of para-hydroxylation sites is 2. The molecule has 2 atom stereocenters. The van der Waals surface area contributed by atoms with Crippen molar-refractivity contribution < 1.29 is 23.9 Å². The lowest BCUT2D eigenvalue weighted by Crippen LogP contribution is -2.58. The molecule has 6 rings (SSSR count). The predicted octanol–water partition coefficient (Wildman–Crippen LogP) is 4.55. The van der Waals surface area contributed by atoms with Crippen LogP contribution in [0.1, 0.15) is 89.8 Å². The molecule has 7 N–H and O–H groups in total. The number of imidazole rings is 1. The lowest BCUT2D eigenvalue weighted by Gasteiger charge is -2.43. The molecule has 0 saturated carbocycles. The minimum Gasteiger partial charge on any atom is -0.458 e. The van der Waals surface area contributed by atoms with Crippen molar-refractivity contribution in [1.29, 1.82) is 0 Å². The van der Waals surface area contributed by atoms with Crippen LogP contribution in [0, 0.1) is 0 Å². The zero-order valence-corrected chi connectivity index (χ0v) is 32.5. The number of benzene rings is 2. The number of urea groups is 1. The van der Waals surface area contributed by atoms with Crippen molar-refractivity contribution in [2.45, 2.75) is 102 Å². The molecular weight excluding hydrogens is 699 g/mol. The number of nitrogens with one attached hydrogen (secondary N) is 5. The summed E-state index contributed by atoms with van der Waals surface area (Å²) < 4.78 is 5.64. The van der Waals surface area contributed by atoms with Crippen LogP contribution < -0.4 is 26.6 Å². The fraction of sp³-hybridized carbons (Fsp3) is 0.488. The molecule has 0 bridgehead atoms. The van der Waals surface area contributed by atoms with Crippen molar-refractivity contribution >= 4 is 40.4 Å². The summed E-state index contributed by atoms with van der Waals surface area (Å²) in [5, 5.41) is 10.2. The number of carbonyl (C=O) groups is 4. The van der Waals surface area contributed by atoms with Gasteiger partial charge in [-0.3, -0.25) is 9.59 Å². The Labute approximate surface area is 322 Å². The Balaban J connectivity index is 1.20. The number of esters is 1. The number of hydrogen-bond acceptors (Lipinski definition) is 8. The summed E-state index contributed by atoms with van der Waals surface area (Å²) in [6.45, 7) is 10.6. The quantitative estimate of drug-likeness (QED) is 0.0847. The van der Waals surface area contributed by atoms with Gasteiger partial charge in [0.15, 0.2) is 0 Å². The number of unbranched alkanes of at least 4 members (excludes halogenated alkanes) is 1. The summed E-state index contributed by atoms with van der Waals surface area (Å²) in [6.07, 6.45) is 6.70. The smallest absolute Gasteiger partial charge is 0.329 e. The summed E-state index contributed by atoms with van der Waals surface area (Å²) in [5.41, 5.74) is 6.60. The molecule has 2 unspecified atom stereocenters. The summed E-state index contributed by atoms with van der Waals surface area (Å²) >= 11 is 0. The number of likely N-dealkylation sites (tertiary alicyclic amines) is 1. The van der Waals surface area contributed by atoms with Gasteiger partial charge in [0.25, 0.3) is 0 Å². The van der Waals surface area contributed by atoms with Crippen LogP contribution in [0.3, 0.4) is 0 Å². The van der Waals surface area contributed by atoms with Gasteiger partial charge in [-0.25, -0.2) is 14.6 Å². The average molecular weight is 754 g/mol. The Morgan fingerprint density at radius 2 is 1.69 bits per heavy atom. The van der Waals surface area contributed by atoms with Crippen molar-refractivity contribution in [3.05, 3.63) is 84.1 Å². The van der Waals surface area contributed by atoms with Gasteiger partial charge in [0.05, 0.1) is 18.1 Å². The van der Waals surface area contributed by atoms with E-state index in [9.17, 15) is 19.2 Å². The molecule has 294 valence electrons. The van der Waals surface area contributed by atoms with E-state index in [1.165, 1.54) is 0 Å². The Hall–Kier alpha value is -5.37. The van der Waals surface area contributed by atoms with Crippen LogP contribution in [-0.4, -0.2) is 87.2 Å². The summed E-state index contributed by atoms with van der Waals surface area (Å²) in [4.78, 5) is 69.6. The van der Waals surface area contributed by atoms with E-state index in [0.717, 1.165) is 22.2 Å². The number of nitrogens with two attached hydrogens (primary N) is 1. The highest BCUT2D eigenvalue weighted by molar-refractivity contribution is 5.94. The van der Waals surface area contributed by atoms with Crippen LogP contribution >= 0.6 is 0 Å². The van der Waals surface area contributed by atoms with Crippen LogP contribution in [0.5, 0.6) is 0 Å². The Kier molecular flexibility index (Phi) is 11.6. The summed E-state index contributed by atoms with van der Waals surface area (Å²) in [7, 11) is 0. The van der Waals surface area contributed by atoms with E-state index in [2.05, 4.69) is 30.8 Å². The van der Waals surface area contributed by atoms with Gasteiger partial charge in [0.2, 0.25) is 11.8 Å². The maximum atomic E-state index is 14.0. The van der Waals surface area contributed by atoms with E-state index < -0.39 is 34.6 Å². The van der Waals surface area contributed by atoms with Crippen LogP contribution in [0.2, 0.25) is 0 Å². The number of hydrogen-bond donors (Lipinski definition) is 6. The molecule has 55 heavy (non-hydrogen) atoms. The van der Waals surface area contributed by atoms with Gasteiger partial charge in [-0.2, -0.15) is 0 Å². The van der Waals surface area contributed by atoms with Crippen LogP contribution in [0.25, 0.3) is 10.9 Å². The fourth-order valence-corrected chi connectivity index (χ4v) is 7.50. The zero-order chi connectivity index (χ0) is 39.4. The third-order valence-electron chi connectivity index (χ3n) is 10.8. The van der Waals surface area contributed by atoms with Crippen molar-refractivity contribution in [1.82, 2.24) is 35.8 Å². The van der Waals surface area contributed by atoms with Crippen molar-refractivity contribution in [2.24, 2.45) is 5.73 Å². The lowest BCUT2D eigenvalue weighted by atomic mass is 9.85. The number of nitrogens with zero attached hydrogens (tertiary/aromatic N) is 3. The number of anilines is 1. The highest BCUT2D eigenvalue weighted by atomic mass is 16.6. The lowest BCUT2D eigenvalue weighted by molar-refractivity contribution is -0.159. The molecule has 2 aromatic heterocycles. The second-order valence-electron chi connectivity index (χ2n) is 16.2. The number of amides is 4. The second kappa shape index (κ2) is 16.2. The molecule has 0 radical (unpaired) electrons. The number of aromatic nitrogens is 3. The number of H-pyrrole nitrogens is 2. The number of carbonyl (C=O) groups excluding carboxylic acids is 4. The highest BCUT2D eigenvalue weighted by Crippen LogP contribution is 2.36. The molecule has 0 aliphatic carbocycles. The molecule has 1 spiro atoms. The van der Waals surface area contributed by atoms with Crippen LogP contribution in [-0.2, 0) is 31.0 Å². The van der Waals surface area contributed by atoms with Gasteiger partial charge < -0.3 is 46.2 Å². The van der Waals surface area contributed by atoms with E-state index in [1.54, 1.807) is 45.7 Å². The van der Waals surface area contributed by atoms with E-state index in [4.69, 9.17) is 15.5 Å². The normalized spacial score (nSPS) is 16.9. The third kappa shape index (κ3) is 8.64. The largest absolute Gasteiger partial charge is 0.458 e. The maximum Gasteiger partial charge on any atom is 0.329 e. The van der Waals surface area contributed by atoms with Gasteiger partial charge in [-0.15, -0.1) is 0 Å². The molecule has 4 aromatic rings. The molecule has 2 saturated heterocycles. The Morgan fingerprint density at radius 1 is 0.982 bits per heavy atom. The number of aromatic amines is 2. The second-order valence-corrected chi connectivity index (χ2v) is 16.2. The maximum absolute atomic E-state index is 14.0. The first-order valence-electron chi connectivity index (χ1n) is 19.2. The average Bonchev–Trinajstić information content (AvgIpc) is 3.89. The Bertz CT molecular complexity index is 1970. The first kappa shape index (κ1) is 39.3. The third-order valence-corrected chi connectivity index (χ3v) is 10.8. The van der Waals surface area contributed by atoms with Crippen molar-refractivity contribution in [3.63, 3.8) is 0 Å². The topological polar surface area (TPSA) is 191 Å². The van der Waals surface area contributed by atoms with Gasteiger partial charge in [0, 0.05) is 54.2 Å². The first-order valence-corrected chi connectivity index (χ1v) is 19.2. The standard InChI is InChI=1S/C41H55N9O5/c1-39(2,3)55-35(51)31(17-11-12-20-42)46-36(52)40(4,5)33-25-44-34(48-33)32(23-27-24-43-30-16-10-9-15-29(27)30)47-38(54)49-21-18-41(19-22-49)37(53)45-26-50(41)28-13-7-6-8-14-28/h6-10,13-16,24-25,31-32,43H,11-12,17-23,26,42H2,1-5H3,(H,44,48)(H,45,53)(H,46,52)(H,47,54). The van der Waals surface area contributed by atoms with E-state index >= 15 is 0 Å². The number of ether oxygens (including phenoxy) is 1. The minimum absolute atomic E-state index is 0.0173. The van der Waals surface area contributed by atoms with E-state index in [0.29, 0.717) is 76.3 Å². The molecule has 2 aliphatic rings. The molecule has 14 heteroatoms. The van der Waals surface area contributed by atoms with E-state index in [-0.39, 0.29) is 17.8 Å². The van der Waals surface area contributed by atoms with Crippen LogP contribution in [0.15, 0.2) is 67.0 Å². The van der Waals surface area contributed by atoms with E-state index in [1.807, 2.05) is 60.8 Å². The predicted molar refractivity (Wildman–Crippen MR) is 211 cm³/mol. The van der Waals surface area contributed by atoms with Crippen molar-refractivity contribution in [3.8, 4) is 0 Å². The molecule has 4 heterocycles. The highest BCUT2D eigenvalue weighted by Gasteiger charge is 2.51. The summed E-state index contributed by atoms with van der Waals surface area (Å²) in [6, 6.07) is 16.2. The molecule has 2 fully saturated rings. The molecule has 14 nitrogen and oxygen atoms in total. The minimum atomic E-state index is -1.12. The number of piperidine rings is 1. The first-order chi connectivity index (χ1) is 26.2. The number of fused-ring (bicyclic) bond motifs is 1.